The van der Waals surface area contributed by atoms with Gasteiger partial charge in [-0.3, -0.25) is 4.98 Å². The highest BCUT2D eigenvalue weighted by Gasteiger charge is 2.45. The second kappa shape index (κ2) is 8.05. The van der Waals surface area contributed by atoms with Gasteiger partial charge in [-0.1, -0.05) is 6.92 Å². The molecule has 3 aromatic rings. The average Bonchev–Trinajstić information content (AvgIpc) is 3.32. The van der Waals surface area contributed by atoms with Gasteiger partial charge in [0.15, 0.2) is 5.82 Å². The van der Waals surface area contributed by atoms with Crippen molar-refractivity contribution in [3.8, 4) is 17.1 Å². The Balaban J connectivity index is 1.44. The van der Waals surface area contributed by atoms with Crippen LogP contribution in [0.5, 0.6) is 5.75 Å². The summed E-state index contributed by atoms with van der Waals surface area (Å²) in [6.45, 7) is 3.19. The first-order chi connectivity index (χ1) is 15.1. The van der Waals surface area contributed by atoms with Crippen molar-refractivity contribution in [2.45, 2.75) is 56.1 Å². The molecule has 0 spiro atoms. The smallest absolute Gasteiger partial charge is 0.243 e. The van der Waals surface area contributed by atoms with Crippen molar-refractivity contribution in [2.24, 2.45) is 0 Å². The van der Waals surface area contributed by atoms with E-state index in [9.17, 15) is 8.42 Å². The Labute approximate surface area is 181 Å². The summed E-state index contributed by atoms with van der Waals surface area (Å²) in [4.78, 5) is 4.49. The highest BCUT2D eigenvalue weighted by molar-refractivity contribution is 7.89. The molecule has 8 nitrogen and oxygen atoms in total. The van der Waals surface area contributed by atoms with Crippen LogP contribution in [0.2, 0.25) is 0 Å². The number of hydrogen-bond donors (Lipinski definition) is 0. The second-order valence-electron chi connectivity index (χ2n) is 8.04. The van der Waals surface area contributed by atoms with Gasteiger partial charge in [0.05, 0.1) is 11.5 Å². The van der Waals surface area contributed by atoms with E-state index in [2.05, 4.69) is 19.7 Å². The zero-order valence-electron chi connectivity index (χ0n) is 17.4. The van der Waals surface area contributed by atoms with Gasteiger partial charge in [-0.2, -0.15) is 4.31 Å². The number of hydrogen-bond acceptors (Lipinski definition) is 6. The minimum absolute atomic E-state index is 0.113. The lowest BCUT2D eigenvalue weighted by molar-refractivity contribution is 0.314. The Kier molecular flexibility index (Phi) is 5.23. The SMILES string of the molecule is CCCOc1ccc(S(=O)(=O)N2C3CCC2Cn2c(nnc2-c2cccnc2)C3)cc1. The van der Waals surface area contributed by atoms with Gasteiger partial charge in [-0.15, -0.1) is 10.2 Å². The fraction of sp³-hybridized carbons (Fsp3) is 0.409. The molecule has 0 aliphatic carbocycles. The number of rotatable bonds is 6. The quantitative estimate of drug-likeness (QED) is 0.587. The van der Waals surface area contributed by atoms with E-state index in [0.717, 1.165) is 36.5 Å². The van der Waals surface area contributed by atoms with Crippen LogP contribution in [0.4, 0.5) is 0 Å². The molecule has 0 saturated carbocycles. The number of nitrogens with zero attached hydrogens (tertiary/aromatic N) is 5. The summed E-state index contributed by atoms with van der Waals surface area (Å²) in [5, 5.41) is 8.77. The predicted molar refractivity (Wildman–Crippen MR) is 115 cm³/mol. The topological polar surface area (TPSA) is 90.2 Å². The molecule has 4 heterocycles. The van der Waals surface area contributed by atoms with E-state index < -0.39 is 10.0 Å². The summed E-state index contributed by atoms with van der Waals surface area (Å²) in [5.74, 6) is 2.26. The zero-order valence-corrected chi connectivity index (χ0v) is 18.2. The van der Waals surface area contributed by atoms with Crippen molar-refractivity contribution in [1.29, 1.82) is 0 Å². The van der Waals surface area contributed by atoms with Crippen LogP contribution in [-0.2, 0) is 23.0 Å². The van der Waals surface area contributed by atoms with Crippen LogP contribution in [0.1, 0.15) is 32.0 Å². The normalized spacial score (nSPS) is 20.9. The van der Waals surface area contributed by atoms with Gasteiger partial charge in [0, 0.05) is 43.0 Å². The van der Waals surface area contributed by atoms with Gasteiger partial charge in [0.25, 0.3) is 0 Å². The monoisotopic (exact) mass is 439 g/mol. The Bertz CT molecular complexity index is 1160. The lowest BCUT2D eigenvalue weighted by Crippen LogP contribution is -2.42. The van der Waals surface area contributed by atoms with Gasteiger partial charge < -0.3 is 9.30 Å². The zero-order chi connectivity index (χ0) is 21.4. The first-order valence-electron chi connectivity index (χ1n) is 10.7. The Morgan fingerprint density at radius 1 is 1.10 bits per heavy atom. The van der Waals surface area contributed by atoms with E-state index in [1.165, 1.54) is 0 Å². The van der Waals surface area contributed by atoms with Crippen molar-refractivity contribution in [3.05, 3.63) is 54.6 Å². The molecule has 2 aliphatic heterocycles. The van der Waals surface area contributed by atoms with E-state index in [4.69, 9.17) is 4.74 Å². The third-order valence-corrected chi connectivity index (χ3v) is 8.00. The molecule has 0 amide bonds. The van der Waals surface area contributed by atoms with Crippen molar-refractivity contribution in [3.63, 3.8) is 0 Å². The van der Waals surface area contributed by atoms with Crippen LogP contribution < -0.4 is 4.74 Å². The maximum absolute atomic E-state index is 13.6. The maximum Gasteiger partial charge on any atom is 0.243 e. The minimum Gasteiger partial charge on any atom is -0.494 e. The maximum atomic E-state index is 13.6. The highest BCUT2D eigenvalue weighted by Crippen LogP contribution is 2.37. The van der Waals surface area contributed by atoms with Crippen LogP contribution in [-0.4, -0.2) is 51.2 Å². The van der Waals surface area contributed by atoms with Gasteiger partial charge in [-0.05, 0) is 55.7 Å². The van der Waals surface area contributed by atoms with Crippen LogP contribution in [0.3, 0.4) is 0 Å². The molecule has 162 valence electrons. The summed E-state index contributed by atoms with van der Waals surface area (Å²) in [6, 6.07) is 10.3. The number of aromatic nitrogens is 4. The number of benzene rings is 1. The third kappa shape index (κ3) is 3.61. The summed E-state index contributed by atoms with van der Waals surface area (Å²) in [7, 11) is -3.63. The Morgan fingerprint density at radius 3 is 2.65 bits per heavy atom. The molecule has 2 bridgehead atoms. The summed E-state index contributed by atoms with van der Waals surface area (Å²) < 4.78 is 36.5. The van der Waals surface area contributed by atoms with Crippen molar-refractivity contribution < 1.29 is 13.2 Å². The van der Waals surface area contributed by atoms with Crippen molar-refractivity contribution in [2.75, 3.05) is 6.61 Å². The molecule has 2 unspecified atom stereocenters. The first kappa shape index (κ1) is 20.1. The van der Waals surface area contributed by atoms with Crippen LogP contribution >= 0.6 is 0 Å². The Morgan fingerprint density at radius 2 is 1.90 bits per heavy atom. The van der Waals surface area contributed by atoms with Gasteiger partial charge in [0.1, 0.15) is 11.6 Å². The minimum atomic E-state index is -3.63. The average molecular weight is 440 g/mol. The highest BCUT2D eigenvalue weighted by atomic mass is 32.2. The van der Waals surface area contributed by atoms with Crippen LogP contribution in [0, 0.1) is 0 Å². The molecule has 2 aromatic heterocycles. The van der Waals surface area contributed by atoms with E-state index in [0.29, 0.717) is 30.2 Å². The fourth-order valence-electron chi connectivity index (χ4n) is 4.55. The van der Waals surface area contributed by atoms with Gasteiger partial charge in [0.2, 0.25) is 10.0 Å². The molecule has 0 N–H and O–H groups in total. The number of sulfonamides is 1. The molecule has 5 rings (SSSR count). The molecule has 2 aliphatic rings. The standard InChI is InChI=1S/C22H25N5O3S/c1-2-12-30-19-7-9-20(10-8-19)31(28,29)27-17-5-6-18(27)15-26-21(13-17)24-25-22(26)16-4-3-11-23-14-16/h3-4,7-11,14,17-18H,2,5-6,12-13,15H2,1H3. The molecule has 1 saturated heterocycles. The molecular weight excluding hydrogens is 414 g/mol. The largest absolute Gasteiger partial charge is 0.494 e. The molecule has 31 heavy (non-hydrogen) atoms. The summed E-state index contributed by atoms with van der Waals surface area (Å²) in [6.07, 6.45) is 6.60. The number of ether oxygens (including phenoxy) is 1. The lowest BCUT2D eigenvalue weighted by Gasteiger charge is -2.27. The molecule has 2 atom stereocenters. The van der Waals surface area contributed by atoms with E-state index in [1.807, 2.05) is 19.1 Å². The summed E-state index contributed by atoms with van der Waals surface area (Å²) >= 11 is 0. The summed E-state index contributed by atoms with van der Waals surface area (Å²) in [5.41, 5.74) is 0.885. The van der Waals surface area contributed by atoms with E-state index in [1.54, 1.807) is 41.0 Å². The molecule has 0 radical (unpaired) electrons. The van der Waals surface area contributed by atoms with Crippen LogP contribution in [0.15, 0.2) is 53.7 Å². The van der Waals surface area contributed by atoms with Gasteiger partial charge in [-0.25, -0.2) is 8.42 Å². The predicted octanol–water partition coefficient (Wildman–Crippen LogP) is 2.91. The molecule has 1 fully saturated rings. The lowest BCUT2D eigenvalue weighted by atomic mass is 10.1. The molecule has 1 aromatic carbocycles. The van der Waals surface area contributed by atoms with Crippen molar-refractivity contribution >= 4 is 10.0 Å². The fourth-order valence-corrected chi connectivity index (χ4v) is 6.41. The number of fused-ring (bicyclic) bond motifs is 3. The van der Waals surface area contributed by atoms with E-state index >= 15 is 0 Å². The Hall–Kier alpha value is -2.78. The third-order valence-electron chi connectivity index (χ3n) is 5.98. The first-order valence-corrected chi connectivity index (χ1v) is 12.1. The van der Waals surface area contributed by atoms with Crippen molar-refractivity contribution in [1.82, 2.24) is 24.1 Å². The van der Waals surface area contributed by atoms with E-state index in [-0.39, 0.29) is 12.1 Å². The molecule has 9 heteroatoms. The second-order valence-corrected chi connectivity index (χ2v) is 9.88. The number of pyridine rings is 1. The molecular formula is C22H25N5O3S. The van der Waals surface area contributed by atoms with Gasteiger partial charge >= 0.3 is 0 Å². The van der Waals surface area contributed by atoms with Crippen LogP contribution in [0.25, 0.3) is 11.4 Å².